The monoisotopic (exact) mass is 409 g/mol. The first-order valence-corrected chi connectivity index (χ1v) is 9.71. The lowest BCUT2D eigenvalue weighted by Gasteiger charge is -2.18. The van der Waals surface area contributed by atoms with Gasteiger partial charge in [0.15, 0.2) is 0 Å². The first-order chi connectivity index (χ1) is 14.1. The number of methoxy groups -OCH3 is 1. The van der Waals surface area contributed by atoms with Gasteiger partial charge in [-0.1, -0.05) is 23.7 Å². The van der Waals surface area contributed by atoms with Crippen LogP contribution in [0.5, 0.6) is 5.75 Å². The van der Waals surface area contributed by atoms with E-state index in [9.17, 15) is 4.79 Å². The third kappa shape index (κ3) is 4.84. The van der Waals surface area contributed by atoms with Crippen LogP contribution < -0.4 is 4.74 Å². The molecule has 0 unspecified atom stereocenters. The molecular weight excluding hydrogens is 390 g/mol. The molecule has 0 bridgehead atoms. The number of hydrogen-bond donors (Lipinski definition) is 0. The number of nitrogens with zero attached hydrogens (tertiary/aromatic N) is 3. The van der Waals surface area contributed by atoms with Crippen LogP contribution in [0.15, 0.2) is 59.0 Å². The Hall–Kier alpha value is -3.12. The third-order valence-electron chi connectivity index (χ3n) is 4.65. The molecule has 6 nitrogen and oxygen atoms in total. The number of hydrogen-bond acceptors (Lipinski definition) is 5. The Labute approximate surface area is 173 Å². The Kier molecular flexibility index (Phi) is 5.62. The lowest BCUT2D eigenvalue weighted by Crippen LogP contribution is -2.31. The van der Waals surface area contributed by atoms with Crippen LogP contribution in [-0.2, 0) is 11.3 Å². The Morgan fingerprint density at radius 1 is 1.24 bits per heavy atom. The van der Waals surface area contributed by atoms with E-state index in [1.807, 2.05) is 36.4 Å². The van der Waals surface area contributed by atoms with Gasteiger partial charge in [-0.15, -0.1) is 10.2 Å². The summed E-state index contributed by atoms with van der Waals surface area (Å²) in [7, 11) is 1.62. The number of halogens is 1. The summed E-state index contributed by atoms with van der Waals surface area (Å²) in [6.07, 6.45) is 5.32. The van der Waals surface area contributed by atoms with Crippen molar-refractivity contribution in [1.29, 1.82) is 0 Å². The third-order valence-corrected chi connectivity index (χ3v) is 4.90. The van der Waals surface area contributed by atoms with Crippen molar-refractivity contribution < 1.29 is 13.9 Å². The van der Waals surface area contributed by atoms with Crippen molar-refractivity contribution in [3.63, 3.8) is 0 Å². The first kappa shape index (κ1) is 19.2. The van der Waals surface area contributed by atoms with Gasteiger partial charge in [-0.05, 0) is 60.9 Å². The number of rotatable bonds is 7. The zero-order chi connectivity index (χ0) is 20.2. The molecule has 1 amide bonds. The summed E-state index contributed by atoms with van der Waals surface area (Å²) in [6.45, 7) is 0.284. The summed E-state index contributed by atoms with van der Waals surface area (Å²) in [5, 5.41) is 8.84. The Morgan fingerprint density at radius 3 is 2.76 bits per heavy atom. The molecule has 1 fully saturated rings. The molecule has 1 heterocycles. The number of carbonyl (C=O) groups is 1. The van der Waals surface area contributed by atoms with E-state index in [2.05, 4.69) is 10.2 Å². The molecule has 29 heavy (non-hydrogen) atoms. The smallest absolute Gasteiger partial charge is 0.247 e. The van der Waals surface area contributed by atoms with Crippen LogP contribution in [0.3, 0.4) is 0 Å². The topological polar surface area (TPSA) is 68.5 Å². The van der Waals surface area contributed by atoms with E-state index < -0.39 is 0 Å². The first-order valence-electron chi connectivity index (χ1n) is 9.33. The maximum Gasteiger partial charge on any atom is 0.247 e. The van der Waals surface area contributed by atoms with Crippen molar-refractivity contribution in [2.45, 2.75) is 25.4 Å². The summed E-state index contributed by atoms with van der Waals surface area (Å²) < 4.78 is 11.0. The van der Waals surface area contributed by atoms with Crippen molar-refractivity contribution in [2.75, 3.05) is 7.11 Å². The molecule has 1 saturated carbocycles. The van der Waals surface area contributed by atoms with Gasteiger partial charge in [0.1, 0.15) is 5.75 Å². The van der Waals surface area contributed by atoms with E-state index in [-0.39, 0.29) is 18.5 Å². The SMILES string of the molecule is COc1cccc(/C=C/C(=O)N(Cc2nnc(-c3ccc(Cl)cc3)o2)C2CC2)c1. The predicted molar refractivity (Wildman–Crippen MR) is 110 cm³/mol. The van der Waals surface area contributed by atoms with Gasteiger partial charge in [-0.3, -0.25) is 4.79 Å². The van der Waals surface area contributed by atoms with E-state index in [0.717, 1.165) is 29.7 Å². The standard InChI is InChI=1S/C22H20ClN3O3/c1-28-19-4-2-3-15(13-19)5-12-21(27)26(18-10-11-18)14-20-24-25-22(29-20)16-6-8-17(23)9-7-16/h2-9,12-13,18H,10-11,14H2,1H3/b12-5+. The number of carbonyl (C=O) groups excluding carboxylic acids is 1. The van der Waals surface area contributed by atoms with Crippen LogP contribution in [0.2, 0.25) is 5.02 Å². The molecule has 4 rings (SSSR count). The van der Waals surface area contributed by atoms with E-state index in [0.29, 0.717) is 16.8 Å². The average molecular weight is 410 g/mol. The molecule has 3 aromatic rings. The summed E-state index contributed by atoms with van der Waals surface area (Å²) in [5.74, 6) is 1.48. The summed E-state index contributed by atoms with van der Waals surface area (Å²) in [4.78, 5) is 14.5. The van der Waals surface area contributed by atoms with Crippen LogP contribution in [0.1, 0.15) is 24.3 Å². The summed E-state index contributed by atoms with van der Waals surface area (Å²) in [5.41, 5.74) is 1.69. The van der Waals surface area contributed by atoms with Crippen molar-refractivity contribution in [3.05, 3.63) is 71.1 Å². The molecular formula is C22H20ClN3O3. The minimum absolute atomic E-state index is 0.0819. The normalized spacial score (nSPS) is 13.6. The lowest BCUT2D eigenvalue weighted by molar-refractivity contribution is -0.127. The number of ether oxygens (including phenoxy) is 1. The highest BCUT2D eigenvalue weighted by Gasteiger charge is 2.32. The zero-order valence-corrected chi connectivity index (χ0v) is 16.7. The second-order valence-corrected chi connectivity index (χ2v) is 7.25. The molecule has 148 valence electrons. The molecule has 0 aliphatic heterocycles. The van der Waals surface area contributed by atoms with Gasteiger partial charge in [0.25, 0.3) is 0 Å². The highest BCUT2D eigenvalue weighted by molar-refractivity contribution is 6.30. The van der Waals surface area contributed by atoms with Crippen LogP contribution in [0.25, 0.3) is 17.5 Å². The predicted octanol–water partition coefficient (Wildman–Crippen LogP) is 4.60. The molecule has 2 aromatic carbocycles. The fourth-order valence-corrected chi connectivity index (χ4v) is 3.08. The van der Waals surface area contributed by atoms with Crippen LogP contribution in [-0.4, -0.2) is 34.2 Å². The Morgan fingerprint density at radius 2 is 2.03 bits per heavy atom. The van der Waals surface area contributed by atoms with Gasteiger partial charge in [-0.25, -0.2) is 0 Å². The second-order valence-electron chi connectivity index (χ2n) is 6.82. The van der Waals surface area contributed by atoms with Gasteiger partial charge < -0.3 is 14.1 Å². The molecule has 0 spiro atoms. The molecule has 0 N–H and O–H groups in total. The van der Waals surface area contributed by atoms with Crippen molar-refractivity contribution >= 4 is 23.6 Å². The highest BCUT2D eigenvalue weighted by Crippen LogP contribution is 2.29. The lowest BCUT2D eigenvalue weighted by atomic mass is 10.2. The van der Waals surface area contributed by atoms with Gasteiger partial charge in [0, 0.05) is 22.7 Å². The minimum Gasteiger partial charge on any atom is -0.497 e. The van der Waals surface area contributed by atoms with Crippen molar-refractivity contribution in [1.82, 2.24) is 15.1 Å². The number of aromatic nitrogens is 2. The second kappa shape index (κ2) is 8.49. The van der Waals surface area contributed by atoms with Gasteiger partial charge in [0.2, 0.25) is 17.7 Å². The molecule has 1 aliphatic carbocycles. The van der Waals surface area contributed by atoms with Crippen molar-refractivity contribution in [3.8, 4) is 17.2 Å². The highest BCUT2D eigenvalue weighted by atomic mass is 35.5. The Bertz CT molecular complexity index is 1030. The van der Waals surface area contributed by atoms with Crippen LogP contribution >= 0.6 is 11.6 Å². The van der Waals surface area contributed by atoms with E-state index in [4.69, 9.17) is 20.8 Å². The molecule has 7 heteroatoms. The van der Waals surface area contributed by atoms with Crippen LogP contribution in [0, 0.1) is 0 Å². The zero-order valence-electron chi connectivity index (χ0n) is 15.9. The maximum atomic E-state index is 12.8. The number of benzene rings is 2. The fraction of sp³-hybridized carbons (Fsp3) is 0.227. The molecule has 0 saturated heterocycles. The molecule has 1 aliphatic rings. The van der Waals surface area contributed by atoms with Gasteiger partial charge in [-0.2, -0.15) is 0 Å². The van der Waals surface area contributed by atoms with Crippen LogP contribution in [0.4, 0.5) is 0 Å². The average Bonchev–Trinajstić information content (AvgIpc) is 3.48. The van der Waals surface area contributed by atoms with Gasteiger partial charge >= 0.3 is 0 Å². The maximum absolute atomic E-state index is 12.8. The molecule has 0 radical (unpaired) electrons. The largest absolute Gasteiger partial charge is 0.497 e. The quantitative estimate of drug-likeness (QED) is 0.533. The van der Waals surface area contributed by atoms with E-state index >= 15 is 0 Å². The van der Waals surface area contributed by atoms with Crippen molar-refractivity contribution in [2.24, 2.45) is 0 Å². The summed E-state index contributed by atoms with van der Waals surface area (Å²) in [6, 6.07) is 14.9. The van der Waals surface area contributed by atoms with Gasteiger partial charge in [0.05, 0.1) is 13.7 Å². The minimum atomic E-state index is -0.0819. The van der Waals surface area contributed by atoms with E-state index in [1.54, 1.807) is 36.3 Å². The fourth-order valence-electron chi connectivity index (χ4n) is 2.95. The number of amides is 1. The molecule has 0 atom stereocenters. The van der Waals surface area contributed by atoms with E-state index in [1.165, 1.54) is 0 Å². The summed E-state index contributed by atoms with van der Waals surface area (Å²) >= 11 is 5.92. The molecule has 1 aromatic heterocycles. The Balaban J connectivity index is 1.46.